The van der Waals surface area contributed by atoms with Crippen LogP contribution in [0.4, 0.5) is 5.69 Å². The first kappa shape index (κ1) is 19.9. The number of nitrogens with zero attached hydrogens (tertiary/aromatic N) is 3. The molecule has 148 valence electrons. The molecule has 2 aromatic heterocycles. The molecule has 6 nitrogen and oxygen atoms in total. The highest BCUT2D eigenvalue weighted by Gasteiger charge is 2.17. The first-order valence-electron chi connectivity index (χ1n) is 9.15. The normalized spacial score (nSPS) is 11.7. The minimum atomic E-state index is -0.401. The van der Waals surface area contributed by atoms with Gasteiger partial charge in [0.15, 0.2) is 5.78 Å². The van der Waals surface area contributed by atoms with E-state index in [1.54, 1.807) is 42.1 Å². The van der Waals surface area contributed by atoms with Crippen LogP contribution in [0.25, 0.3) is 10.2 Å². The zero-order valence-corrected chi connectivity index (χ0v) is 17.6. The zero-order valence-electron chi connectivity index (χ0n) is 16.0. The van der Waals surface area contributed by atoms with E-state index in [0.29, 0.717) is 22.0 Å². The third-order valence-corrected chi connectivity index (χ3v) is 6.24. The van der Waals surface area contributed by atoms with Gasteiger partial charge in [0, 0.05) is 11.1 Å². The van der Waals surface area contributed by atoms with Crippen LogP contribution in [0.3, 0.4) is 0 Å². The predicted octanol–water partition coefficient (Wildman–Crippen LogP) is 4.79. The monoisotopic (exact) mass is 432 g/mol. The number of amides is 1. The topological polar surface area (TPSA) is 95.7 Å². The van der Waals surface area contributed by atoms with Crippen LogP contribution in [0.1, 0.15) is 39.5 Å². The van der Waals surface area contributed by atoms with E-state index in [9.17, 15) is 9.59 Å². The molecule has 0 bridgehead atoms. The number of carbonyl (C=O) groups is 2. The highest BCUT2D eigenvalue weighted by molar-refractivity contribution is 7.18. The second-order valence-electron chi connectivity index (χ2n) is 6.71. The Morgan fingerprint density at radius 2 is 2.10 bits per heavy atom. The number of aromatic nitrogens is 2. The number of thiazole rings is 2. The molecule has 0 aliphatic carbocycles. The quantitative estimate of drug-likeness (QED) is 0.442. The number of nitrogens with one attached hydrogen (secondary N) is 1. The Bertz CT molecular complexity index is 1270. The van der Waals surface area contributed by atoms with E-state index in [4.69, 9.17) is 5.26 Å². The average Bonchev–Trinajstić information content (AvgIpc) is 3.42. The molecule has 0 spiro atoms. The molecule has 1 amide bonds. The number of benzene rings is 2. The van der Waals surface area contributed by atoms with E-state index >= 15 is 0 Å². The number of Topliss-reactive ketones (excluding diaryl/α,β-unsaturated/α-hetero) is 1. The molecule has 0 saturated heterocycles. The van der Waals surface area contributed by atoms with Crippen LogP contribution in [0.15, 0.2) is 53.4 Å². The Balaban J connectivity index is 1.48. The van der Waals surface area contributed by atoms with Gasteiger partial charge in [-0.1, -0.05) is 12.1 Å². The summed E-state index contributed by atoms with van der Waals surface area (Å²) >= 11 is 2.82. The maximum Gasteiger partial charge on any atom is 0.231 e. The van der Waals surface area contributed by atoms with Crippen molar-refractivity contribution in [1.82, 2.24) is 9.97 Å². The fourth-order valence-electron chi connectivity index (χ4n) is 2.98. The lowest BCUT2D eigenvalue weighted by Gasteiger charge is -2.13. The summed E-state index contributed by atoms with van der Waals surface area (Å²) in [5.74, 6) is -0.619. The minimum Gasteiger partial charge on any atom is -0.326 e. The van der Waals surface area contributed by atoms with Crippen molar-refractivity contribution < 1.29 is 9.59 Å². The summed E-state index contributed by atoms with van der Waals surface area (Å²) < 4.78 is 0.896. The van der Waals surface area contributed by atoms with Gasteiger partial charge in [-0.25, -0.2) is 9.97 Å². The third-order valence-electron chi connectivity index (χ3n) is 4.64. The van der Waals surface area contributed by atoms with Crippen LogP contribution in [-0.2, 0) is 11.2 Å². The van der Waals surface area contributed by atoms with Crippen LogP contribution in [-0.4, -0.2) is 21.7 Å². The average molecular weight is 433 g/mol. The molecule has 30 heavy (non-hydrogen) atoms. The molecule has 8 heteroatoms. The Morgan fingerprint density at radius 3 is 2.87 bits per heavy atom. The molecule has 0 aliphatic heterocycles. The predicted molar refractivity (Wildman–Crippen MR) is 118 cm³/mol. The molecule has 4 rings (SSSR count). The summed E-state index contributed by atoms with van der Waals surface area (Å²) in [5.41, 5.74) is 4.86. The number of anilines is 1. The molecule has 0 aliphatic rings. The van der Waals surface area contributed by atoms with E-state index in [1.165, 1.54) is 22.7 Å². The highest BCUT2D eigenvalue weighted by atomic mass is 32.1. The summed E-state index contributed by atoms with van der Waals surface area (Å²) in [6.07, 6.45) is 0.205. The third kappa shape index (κ3) is 4.27. The Kier molecular flexibility index (Phi) is 5.65. The van der Waals surface area contributed by atoms with Gasteiger partial charge in [-0.3, -0.25) is 9.59 Å². The second-order valence-corrected chi connectivity index (χ2v) is 8.55. The molecule has 0 saturated carbocycles. The van der Waals surface area contributed by atoms with Crippen molar-refractivity contribution in [2.45, 2.75) is 19.3 Å². The fourth-order valence-corrected chi connectivity index (χ4v) is 4.55. The number of ketones is 1. The van der Waals surface area contributed by atoms with Crippen molar-refractivity contribution in [3.63, 3.8) is 0 Å². The molecule has 2 aromatic carbocycles. The van der Waals surface area contributed by atoms with Gasteiger partial charge in [0.05, 0.1) is 39.7 Å². The summed E-state index contributed by atoms with van der Waals surface area (Å²) in [6.45, 7) is 1.80. The highest BCUT2D eigenvalue weighted by Crippen LogP contribution is 2.27. The van der Waals surface area contributed by atoms with Crippen molar-refractivity contribution >= 4 is 50.3 Å². The van der Waals surface area contributed by atoms with Gasteiger partial charge in [0.1, 0.15) is 10.7 Å². The summed E-state index contributed by atoms with van der Waals surface area (Å²) in [4.78, 5) is 33.5. The molecule has 1 unspecified atom stereocenters. The van der Waals surface area contributed by atoms with Gasteiger partial charge in [0.25, 0.3) is 0 Å². The molecule has 2 heterocycles. The van der Waals surface area contributed by atoms with Gasteiger partial charge >= 0.3 is 0 Å². The van der Waals surface area contributed by atoms with E-state index in [2.05, 4.69) is 21.4 Å². The van der Waals surface area contributed by atoms with E-state index in [0.717, 1.165) is 15.8 Å². The lowest BCUT2D eigenvalue weighted by molar-refractivity contribution is -0.117. The van der Waals surface area contributed by atoms with Crippen LogP contribution < -0.4 is 5.32 Å². The molecule has 0 radical (unpaired) electrons. The van der Waals surface area contributed by atoms with Crippen molar-refractivity contribution in [3.8, 4) is 6.07 Å². The van der Waals surface area contributed by atoms with Crippen molar-refractivity contribution in [3.05, 3.63) is 75.2 Å². The Labute approximate surface area is 180 Å². The number of nitriles is 1. The molecule has 0 fully saturated rings. The lowest BCUT2D eigenvalue weighted by Crippen LogP contribution is -2.18. The SMILES string of the molecule is CC(C(=O)Nc1ccc2nc(CC(=O)c3cscn3)sc2c1)c1cccc(C#N)c1. The van der Waals surface area contributed by atoms with Crippen LogP contribution in [0, 0.1) is 11.3 Å². The molecular formula is C22H16N4O2S2. The van der Waals surface area contributed by atoms with E-state index < -0.39 is 5.92 Å². The first-order valence-corrected chi connectivity index (χ1v) is 10.9. The van der Waals surface area contributed by atoms with Gasteiger partial charge in [-0.15, -0.1) is 22.7 Å². The minimum absolute atomic E-state index is 0.0581. The maximum atomic E-state index is 12.7. The summed E-state index contributed by atoms with van der Waals surface area (Å²) in [6, 6.07) is 14.6. The number of carbonyl (C=O) groups excluding carboxylic acids is 2. The van der Waals surface area contributed by atoms with Crippen molar-refractivity contribution in [1.29, 1.82) is 5.26 Å². The molecular weight excluding hydrogens is 416 g/mol. The number of hydrogen-bond donors (Lipinski definition) is 1. The zero-order chi connectivity index (χ0) is 21.1. The first-order chi connectivity index (χ1) is 14.5. The number of hydrogen-bond acceptors (Lipinski definition) is 7. The smallest absolute Gasteiger partial charge is 0.231 e. The van der Waals surface area contributed by atoms with Gasteiger partial charge in [-0.2, -0.15) is 5.26 Å². The van der Waals surface area contributed by atoms with E-state index in [1.807, 2.05) is 18.2 Å². The van der Waals surface area contributed by atoms with Crippen molar-refractivity contribution in [2.24, 2.45) is 0 Å². The standard InChI is InChI=1S/C22H16N4O2S2/c1-13(15-4-2-3-14(7-15)10-23)22(28)25-16-5-6-17-20(8-16)30-21(26-17)9-19(27)18-11-29-12-24-18/h2-8,11-13H,9H2,1H3,(H,25,28). The summed E-state index contributed by atoms with van der Waals surface area (Å²) in [5, 5.41) is 14.4. The van der Waals surface area contributed by atoms with Crippen LogP contribution in [0.5, 0.6) is 0 Å². The Morgan fingerprint density at radius 1 is 1.23 bits per heavy atom. The molecule has 1 atom stereocenters. The molecule has 1 N–H and O–H groups in total. The number of rotatable bonds is 6. The largest absolute Gasteiger partial charge is 0.326 e. The van der Waals surface area contributed by atoms with E-state index in [-0.39, 0.29) is 18.1 Å². The van der Waals surface area contributed by atoms with Gasteiger partial charge < -0.3 is 5.32 Å². The second kappa shape index (κ2) is 8.53. The summed E-state index contributed by atoms with van der Waals surface area (Å²) in [7, 11) is 0. The maximum absolute atomic E-state index is 12.7. The molecule has 4 aromatic rings. The lowest BCUT2D eigenvalue weighted by atomic mass is 9.98. The fraction of sp³-hybridized carbons (Fsp3) is 0.136. The Hall–Kier alpha value is -3.41. The number of fused-ring (bicyclic) bond motifs is 1. The van der Waals surface area contributed by atoms with Gasteiger partial charge in [0.2, 0.25) is 5.91 Å². The van der Waals surface area contributed by atoms with Gasteiger partial charge in [-0.05, 0) is 42.8 Å². The van der Waals surface area contributed by atoms with Crippen LogP contribution in [0.2, 0.25) is 0 Å². The van der Waals surface area contributed by atoms with Crippen LogP contribution >= 0.6 is 22.7 Å². The van der Waals surface area contributed by atoms with Crippen molar-refractivity contribution in [2.75, 3.05) is 5.32 Å².